The van der Waals surface area contributed by atoms with Crippen LogP contribution in [-0.2, 0) is 27.5 Å². The molecule has 1 atom stereocenters. The Morgan fingerprint density at radius 1 is 1.00 bits per heavy atom. The lowest BCUT2D eigenvalue weighted by atomic mass is 9.74. The molecule has 0 saturated heterocycles. The van der Waals surface area contributed by atoms with Gasteiger partial charge in [-0.05, 0) is 55.0 Å². The summed E-state index contributed by atoms with van der Waals surface area (Å²) in [4.78, 5) is 22.7. The fourth-order valence-electron chi connectivity index (χ4n) is 4.77. The standard InChI is InChI=1S/C26H28F6N2O3/c27-25(28,29)20-12-17(13-21(14-20)26(30,31)32)18(16-35)15-34-24(19-4-2-1-3-5-19)9-6-22(7-10-24)33-11-8-23(36)37/h1-5,12-14,16,18,22,33-34H,6-11,15H2,(H,36,37). The minimum absolute atomic E-state index is 0.0174. The van der Waals surface area contributed by atoms with Gasteiger partial charge in [-0.3, -0.25) is 4.79 Å². The topological polar surface area (TPSA) is 78.4 Å². The van der Waals surface area contributed by atoms with E-state index in [1.165, 1.54) is 0 Å². The molecule has 1 saturated carbocycles. The van der Waals surface area contributed by atoms with E-state index in [2.05, 4.69) is 10.6 Å². The van der Waals surface area contributed by atoms with Crippen LogP contribution in [0.4, 0.5) is 26.3 Å². The Morgan fingerprint density at radius 3 is 2.05 bits per heavy atom. The summed E-state index contributed by atoms with van der Waals surface area (Å²) in [6, 6.07) is 10.5. The Hall–Kier alpha value is -2.92. The van der Waals surface area contributed by atoms with Crippen molar-refractivity contribution < 1.29 is 41.0 Å². The lowest BCUT2D eigenvalue weighted by molar-refractivity contribution is -0.143. The molecule has 37 heavy (non-hydrogen) atoms. The van der Waals surface area contributed by atoms with E-state index in [-0.39, 0.29) is 30.6 Å². The first-order valence-electron chi connectivity index (χ1n) is 11.8. The Kier molecular flexibility index (Phi) is 9.01. The number of carbonyl (C=O) groups excluding carboxylic acids is 1. The largest absolute Gasteiger partial charge is 0.481 e. The normalized spacial score (nSPS) is 21.4. The zero-order valence-corrected chi connectivity index (χ0v) is 19.8. The van der Waals surface area contributed by atoms with Crippen molar-refractivity contribution in [2.24, 2.45) is 0 Å². The van der Waals surface area contributed by atoms with E-state index in [0.717, 1.165) is 5.56 Å². The second-order valence-corrected chi connectivity index (χ2v) is 9.28. The number of carboxylic acids is 1. The molecule has 1 aliphatic rings. The van der Waals surface area contributed by atoms with Crippen LogP contribution in [0.2, 0.25) is 0 Å². The van der Waals surface area contributed by atoms with E-state index in [0.29, 0.717) is 50.6 Å². The predicted octanol–water partition coefficient (Wildman–Crippen LogP) is 5.50. The second kappa shape index (κ2) is 11.6. The van der Waals surface area contributed by atoms with Crippen molar-refractivity contribution in [2.75, 3.05) is 13.1 Å². The number of nitrogens with one attached hydrogen (secondary N) is 2. The Labute approximate surface area is 210 Å². The SMILES string of the molecule is O=CC(CNC1(c2ccccc2)CCC(NCCC(=O)O)CC1)c1cc(C(F)(F)F)cc(C(F)(F)F)c1. The highest BCUT2D eigenvalue weighted by molar-refractivity contribution is 5.66. The lowest BCUT2D eigenvalue weighted by Crippen LogP contribution is -2.49. The number of halogens is 6. The van der Waals surface area contributed by atoms with E-state index in [1.54, 1.807) is 0 Å². The second-order valence-electron chi connectivity index (χ2n) is 9.28. The Bertz CT molecular complexity index is 1030. The van der Waals surface area contributed by atoms with Crippen LogP contribution in [0.25, 0.3) is 0 Å². The van der Waals surface area contributed by atoms with E-state index in [9.17, 15) is 35.9 Å². The summed E-state index contributed by atoms with van der Waals surface area (Å²) in [6.07, 6.45) is -7.20. The molecule has 3 N–H and O–H groups in total. The van der Waals surface area contributed by atoms with Gasteiger partial charge in [-0.25, -0.2) is 0 Å². The smallest absolute Gasteiger partial charge is 0.416 e. The fourth-order valence-corrected chi connectivity index (χ4v) is 4.77. The van der Waals surface area contributed by atoms with Gasteiger partial charge >= 0.3 is 18.3 Å². The number of aliphatic carboxylic acids is 1. The summed E-state index contributed by atoms with van der Waals surface area (Å²) in [7, 11) is 0. The number of carbonyl (C=O) groups is 2. The molecule has 2 aromatic rings. The average molecular weight is 531 g/mol. The highest BCUT2D eigenvalue weighted by Crippen LogP contribution is 2.40. The third kappa shape index (κ3) is 7.54. The molecule has 1 unspecified atom stereocenters. The molecule has 0 amide bonds. The molecule has 1 fully saturated rings. The number of hydrogen-bond acceptors (Lipinski definition) is 4. The summed E-state index contributed by atoms with van der Waals surface area (Å²) in [5.41, 5.74) is -3.05. The number of benzene rings is 2. The third-order valence-electron chi connectivity index (χ3n) is 6.80. The number of rotatable bonds is 10. The molecular formula is C26H28F6N2O3. The van der Waals surface area contributed by atoms with Gasteiger partial charge in [0.2, 0.25) is 0 Å². The number of hydrogen-bond donors (Lipinski definition) is 3. The first-order valence-corrected chi connectivity index (χ1v) is 11.8. The van der Waals surface area contributed by atoms with Gasteiger partial charge in [-0.2, -0.15) is 26.3 Å². The summed E-state index contributed by atoms with van der Waals surface area (Å²) >= 11 is 0. The van der Waals surface area contributed by atoms with E-state index in [4.69, 9.17) is 5.11 Å². The van der Waals surface area contributed by atoms with Crippen LogP contribution < -0.4 is 10.6 Å². The van der Waals surface area contributed by atoms with E-state index >= 15 is 0 Å². The van der Waals surface area contributed by atoms with Crippen LogP contribution in [0.5, 0.6) is 0 Å². The lowest BCUT2D eigenvalue weighted by Gasteiger charge is -2.42. The van der Waals surface area contributed by atoms with Gasteiger partial charge in [-0.1, -0.05) is 30.3 Å². The minimum atomic E-state index is -5.01. The van der Waals surface area contributed by atoms with Crippen molar-refractivity contribution in [3.63, 3.8) is 0 Å². The minimum Gasteiger partial charge on any atom is -0.481 e. The van der Waals surface area contributed by atoms with Crippen LogP contribution >= 0.6 is 0 Å². The molecule has 0 spiro atoms. The van der Waals surface area contributed by atoms with Gasteiger partial charge in [0.05, 0.1) is 23.5 Å². The van der Waals surface area contributed by atoms with Crippen LogP contribution in [0.1, 0.15) is 60.3 Å². The van der Waals surface area contributed by atoms with Crippen LogP contribution in [0.3, 0.4) is 0 Å². The van der Waals surface area contributed by atoms with E-state index < -0.39 is 40.9 Å². The first-order chi connectivity index (χ1) is 17.3. The maximum atomic E-state index is 13.3. The maximum absolute atomic E-state index is 13.3. The Morgan fingerprint density at radius 2 is 1.57 bits per heavy atom. The predicted molar refractivity (Wildman–Crippen MR) is 124 cm³/mol. The van der Waals surface area contributed by atoms with Gasteiger partial charge in [0.25, 0.3) is 0 Å². The van der Waals surface area contributed by atoms with Gasteiger partial charge in [-0.15, -0.1) is 0 Å². The number of alkyl halides is 6. The van der Waals surface area contributed by atoms with Crippen molar-refractivity contribution in [3.8, 4) is 0 Å². The molecule has 202 valence electrons. The van der Waals surface area contributed by atoms with E-state index in [1.807, 2.05) is 30.3 Å². The van der Waals surface area contributed by atoms with Crippen LogP contribution in [0.15, 0.2) is 48.5 Å². The third-order valence-corrected chi connectivity index (χ3v) is 6.80. The van der Waals surface area contributed by atoms with Crippen molar-refractivity contribution in [3.05, 3.63) is 70.8 Å². The van der Waals surface area contributed by atoms with Crippen molar-refractivity contribution in [1.82, 2.24) is 10.6 Å². The quantitative estimate of drug-likeness (QED) is 0.279. The molecule has 3 rings (SSSR count). The average Bonchev–Trinajstić information content (AvgIpc) is 2.84. The summed E-state index contributed by atoms with van der Waals surface area (Å²) in [5, 5.41) is 15.3. The van der Waals surface area contributed by atoms with Gasteiger partial charge in [0.1, 0.15) is 6.29 Å². The van der Waals surface area contributed by atoms with Gasteiger partial charge in [0.15, 0.2) is 0 Å². The summed E-state index contributed by atoms with van der Waals surface area (Å²) in [6.45, 7) is 0.157. The molecule has 11 heteroatoms. The summed E-state index contributed by atoms with van der Waals surface area (Å²) < 4.78 is 79.9. The molecule has 0 heterocycles. The van der Waals surface area contributed by atoms with Crippen molar-refractivity contribution in [1.29, 1.82) is 0 Å². The molecule has 0 bridgehead atoms. The maximum Gasteiger partial charge on any atom is 0.416 e. The van der Waals surface area contributed by atoms with Gasteiger partial charge < -0.3 is 20.5 Å². The van der Waals surface area contributed by atoms with Crippen molar-refractivity contribution in [2.45, 2.75) is 62.0 Å². The van der Waals surface area contributed by atoms with Crippen LogP contribution in [-0.4, -0.2) is 36.5 Å². The Balaban J connectivity index is 1.83. The zero-order valence-electron chi connectivity index (χ0n) is 19.8. The highest BCUT2D eigenvalue weighted by atomic mass is 19.4. The molecule has 0 aromatic heterocycles. The van der Waals surface area contributed by atoms with Gasteiger partial charge in [0, 0.05) is 24.7 Å². The molecule has 0 aliphatic heterocycles. The molecule has 0 radical (unpaired) electrons. The highest BCUT2D eigenvalue weighted by Gasteiger charge is 2.39. The molecule has 1 aliphatic carbocycles. The first kappa shape index (κ1) is 28.6. The van der Waals surface area contributed by atoms with Crippen LogP contribution in [0, 0.1) is 0 Å². The number of aldehydes is 1. The molecular weight excluding hydrogens is 502 g/mol. The zero-order chi connectivity index (χ0) is 27.3. The summed E-state index contributed by atoms with van der Waals surface area (Å²) in [5.74, 6) is -2.15. The fraction of sp³-hybridized carbons (Fsp3) is 0.462. The van der Waals surface area contributed by atoms with Crippen molar-refractivity contribution >= 4 is 12.3 Å². The number of carboxylic acid groups (broad SMARTS) is 1. The molecule has 5 nitrogen and oxygen atoms in total. The monoisotopic (exact) mass is 530 g/mol. The molecule has 2 aromatic carbocycles.